The molecule has 176 valence electrons. The Labute approximate surface area is 194 Å². The van der Waals surface area contributed by atoms with Crippen molar-refractivity contribution in [3.63, 3.8) is 0 Å². The second-order valence-electron chi connectivity index (χ2n) is 8.16. The van der Waals surface area contributed by atoms with Gasteiger partial charge in [0.2, 0.25) is 0 Å². The molecular weight excluding hydrogens is 422 g/mol. The molecule has 0 bridgehead atoms. The molecule has 33 heavy (non-hydrogen) atoms. The van der Waals surface area contributed by atoms with Crippen LogP contribution in [0.1, 0.15) is 20.7 Å². The van der Waals surface area contributed by atoms with Gasteiger partial charge in [0, 0.05) is 63.5 Å². The third-order valence-corrected chi connectivity index (χ3v) is 6.22. The molecule has 0 unspecified atom stereocenters. The fourth-order valence-corrected chi connectivity index (χ4v) is 4.33. The van der Waals surface area contributed by atoms with Crippen molar-refractivity contribution in [3.8, 4) is 11.5 Å². The van der Waals surface area contributed by atoms with E-state index in [0.717, 1.165) is 18.8 Å². The summed E-state index contributed by atoms with van der Waals surface area (Å²) in [6.07, 6.45) is 0. The Morgan fingerprint density at radius 3 is 1.97 bits per heavy atom. The SMILES string of the molecule is COc1ccc(C(=O)N2CCN(c3ccc(C(=O)N4CCNCC4)cc3N)CC2)cc1OC. The van der Waals surface area contributed by atoms with Gasteiger partial charge in [0.05, 0.1) is 25.6 Å². The van der Waals surface area contributed by atoms with Gasteiger partial charge in [-0.15, -0.1) is 0 Å². The maximum Gasteiger partial charge on any atom is 0.254 e. The monoisotopic (exact) mass is 453 g/mol. The lowest BCUT2D eigenvalue weighted by molar-refractivity contribution is 0.0731. The summed E-state index contributed by atoms with van der Waals surface area (Å²) >= 11 is 0. The maximum absolute atomic E-state index is 13.0. The standard InChI is InChI=1S/C24H31N5O4/c1-32-21-6-4-18(16-22(21)33-2)24(31)29-13-11-27(12-14-29)20-5-3-17(15-19(20)25)23(30)28-9-7-26-8-10-28/h3-6,15-16,26H,7-14,25H2,1-2H3. The highest BCUT2D eigenvalue weighted by Crippen LogP contribution is 2.29. The molecule has 0 aromatic heterocycles. The predicted molar refractivity (Wildman–Crippen MR) is 127 cm³/mol. The van der Waals surface area contributed by atoms with Crippen molar-refractivity contribution >= 4 is 23.2 Å². The van der Waals surface area contributed by atoms with Gasteiger partial charge in [0.1, 0.15) is 0 Å². The summed E-state index contributed by atoms with van der Waals surface area (Å²) in [7, 11) is 3.12. The highest BCUT2D eigenvalue weighted by Gasteiger charge is 2.25. The Hall–Kier alpha value is -3.46. The molecule has 0 atom stereocenters. The van der Waals surface area contributed by atoms with E-state index in [0.29, 0.717) is 67.6 Å². The summed E-state index contributed by atoms with van der Waals surface area (Å²) < 4.78 is 10.6. The summed E-state index contributed by atoms with van der Waals surface area (Å²) in [5, 5.41) is 3.25. The van der Waals surface area contributed by atoms with E-state index in [1.54, 1.807) is 38.5 Å². The lowest BCUT2D eigenvalue weighted by atomic mass is 10.1. The van der Waals surface area contributed by atoms with E-state index < -0.39 is 0 Å². The lowest BCUT2D eigenvalue weighted by Crippen LogP contribution is -2.49. The van der Waals surface area contributed by atoms with E-state index in [1.165, 1.54) is 0 Å². The number of carbonyl (C=O) groups is 2. The van der Waals surface area contributed by atoms with Crippen LogP contribution in [-0.4, -0.2) is 88.2 Å². The summed E-state index contributed by atoms with van der Waals surface area (Å²) in [4.78, 5) is 31.6. The molecule has 9 nitrogen and oxygen atoms in total. The number of hydrogen-bond donors (Lipinski definition) is 2. The molecule has 0 spiro atoms. The van der Waals surface area contributed by atoms with Gasteiger partial charge in [-0.05, 0) is 36.4 Å². The van der Waals surface area contributed by atoms with Crippen molar-refractivity contribution < 1.29 is 19.1 Å². The van der Waals surface area contributed by atoms with Crippen LogP contribution in [0.2, 0.25) is 0 Å². The normalized spacial score (nSPS) is 16.5. The van der Waals surface area contributed by atoms with Crippen LogP contribution in [0.5, 0.6) is 11.5 Å². The van der Waals surface area contributed by atoms with Gasteiger partial charge in [0.25, 0.3) is 11.8 Å². The topological polar surface area (TPSA) is 100 Å². The van der Waals surface area contributed by atoms with Crippen molar-refractivity contribution in [2.24, 2.45) is 0 Å². The molecule has 2 fully saturated rings. The number of carbonyl (C=O) groups excluding carboxylic acids is 2. The van der Waals surface area contributed by atoms with E-state index in [4.69, 9.17) is 15.2 Å². The molecule has 2 aromatic rings. The van der Waals surface area contributed by atoms with E-state index in [-0.39, 0.29) is 11.8 Å². The number of methoxy groups -OCH3 is 2. The molecule has 2 saturated heterocycles. The molecule has 0 aliphatic carbocycles. The van der Waals surface area contributed by atoms with Crippen LogP contribution in [0.3, 0.4) is 0 Å². The van der Waals surface area contributed by atoms with E-state index >= 15 is 0 Å². The minimum absolute atomic E-state index is 0.0140. The summed E-state index contributed by atoms with van der Waals surface area (Å²) in [6, 6.07) is 10.7. The third-order valence-electron chi connectivity index (χ3n) is 6.22. The average Bonchev–Trinajstić information content (AvgIpc) is 2.88. The molecule has 2 amide bonds. The molecule has 2 heterocycles. The number of nitrogen functional groups attached to an aromatic ring is 1. The van der Waals surface area contributed by atoms with Crippen LogP contribution in [0.25, 0.3) is 0 Å². The first-order chi connectivity index (χ1) is 16.0. The molecule has 0 radical (unpaired) electrons. The fourth-order valence-electron chi connectivity index (χ4n) is 4.33. The van der Waals surface area contributed by atoms with Crippen molar-refractivity contribution in [2.45, 2.75) is 0 Å². The van der Waals surface area contributed by atoms with Gasteiger partial charge in [-0.2, -0.15) is 0 Å². The summed E-state index contributed by atoms with van der Waals surface area (Å²) in [5.74, 6) is 1.10. The second kappa shape index (κ2) is 9.99. The van der Waals surface area contributed by atoms with Crippen LogP contribution < -0.4 is 25.4 Å². The van der Waals surface area contributed by atoms with Crippen molar-refractivity contribution in [3.05, 3.63) is 47.5 Å². The summed E-state index contributed by atoms with van der Waals surface area (Å²) in [6.45, 7) is 5.51. The highest BCUT2D eigenvalue weighted by molar-refractivity contribution is 5.97. The number of amides is 2. The zero-order valence-electron chi connectivity index (χ0n) is 19.2. The number of nitrogens with one attached hydrogen (secondary N) is 1. The van der Waals surface area contributed by atoms with Gasteiger partial charge in [-0.3, -0.25) is 9.59 Å². The Kier molecular flexibility index (Phi) is 6.88. The zero-order chi connectivity index (χ0) is 23.4. The van der Waals surface area contributed by atoms with Crippen LogP contribution in [0, 0.1) is 0 Å². The zero-order valence-corrected chi connectivity index (χ0v) is 19.2. The molecule has 4 rings (SSSR count). The maximum atomic E-state index is 13.0. The number of anilines is 2. The van der Waals surface area contributed by atoms with Crippen LogP contribution in [0.4, 0.5) is 11.4 Å². The second-order valence-corrected chi connectivity index (χ2v) is 8.16. The molecule has 2 aliphatic rings. The number of nitrogens with zero attached hydrogens (tertiary/aromatic N) is 3. The van der Waals surface area contributed by atoms with Crippen LogP contribution in [-0.2, 0) is 0 Å². The molecule has 9 heteroatoms. The number of piperazine rings is 2. The third kappa shape index (κ3) is 4.83. The number of rotatable bonds is 5. The smallest absolute Gasteiger partial charge is 0.254 e. The Morgan fingerprint density at radius 1 is 0.788 bits per heavy atom. The molecular formula is C24H31N5O4. The van der Waals surface area contributed by atoms with Gasteiger partial charge in [0.15, 0.2) is 11.5 Å². The lowest BCUT2D eigenvalue weighted by Gasteiger charge is -2.37. The molecule has 3 N–H and O–H groups in total. The van der Waals surface area contributed by atoms with E-state index in [2.05, 4.69) is 10.2 Å². The Morgan fingerprint density at radius 2 is 1.36 bits per heavy atom. The Bertz CT molecular complexity index is 1010. The van der Waals surface area contributed by atoms with Crippen LogP contribution >= 0.6 is 0 Å². The minimum atomic E-state index is -0.0412. The van der Waals surface area contributed by atoms with Gasteiger partial charge < -0.3 is 35.2 Å². The number of hydrogen-bond acceptors (Lipinski definition) is 7. The van der Waals surface area contributed by atoms with Crippen molar-refractivity contribution in [2.75, 3.05) is 77.2 Å². The first-order valence-corrected chi connectivity index (χ1v) is 11.2. The quantitative estimate of drug-likeness (QED) is 0.658. The minimum Gasteiger partial charge on any atom is -0.493 e. The van der Waals surface area contributed by atoms with E-state index in [9.17, 15) is 9.59 Å². The predicted octanol–water partition coefficient (Wildman–Crippen LogP) is 1.29. The largest absolute Gasteiger partial charge is 0.493 e. The average molecular weight is 454 g/mol. The van der Waals surface area contributed by atoms with Crippen molar-refractivity contribution in [1.82, 2.24) is 15.1 Å². The Balaban J connectivity index is 1.39. The number of benzene rings is 2. The molecule has 2 aromatic carbocycles. The summed E-state index contributed by atoms with van der Waals surface area (Å²) in [5.41, 5.74) is 8.98. The van der Waals surface area contributed by atoms with Crippen LogP contribution in [0.15, 0.2) is 36.4 Å². The van der Waals surface area contributed by atoms with Crippen molar-refractivity contribution in [1.29, 1.82) is 0 Å². The molecule has 0 saturated carbocycles. The number of nitrogens with two attached hydrogens (primary N) is 1. The van der Waals surface area contributed by atoms with Gasteiger partial charge in [-0.25, -0.2) is 0 Å². The highest BCUT2D eigenvalue weighted by atomic mass is 16.5. The first kappa shape index (κ1) is 22.7. The van der Waals surface area contributed by atoms with Gasteiger partial charge >= 0.3 is 0 Å². The molecule has 2 aliphatic heterocycles. The fraction of sp³-hybridized carbons (Fsp3) is 0.417. The first-order valence-electron chi connectivity index (χ1n) is 11.2. The number of ether oxygens (including phenoxy) is 2. The van der Waals surface area contributed by atoms with Gasteiger partial charge in [-0.1, -0.05) is 0 Å². The van der Waals surface area contributed by atoms with E-state index in [1.807, 2.05) is 21.9 Å².